The zero-order valence-corrected chi connectivity index (χ0v) is 14.6. The Hall–Kier alpha value is -2.64. The first-order valence-corrected chi connectivity index (χ1v) is 8.00. The zero-order valence-electron chi connectivity index (χ0n) is 13.1. The van der Waals surface area contributed by atoms with Gasteiger partial charge in [-0.1, -0.05) is 29.3 Å². The predicted molar refractivity (Wildman–Crippen MR) is 94.5 cm³/mol. The maximum absolute atomic E-state index is 12.1. The molecule has 3 rings (SSSR count). The Balaban J connectivity index is 1.67. The van der Waals surface area contributed by atoms with Gasteiger partial charge in [0.1, 0.15) is 12.1 Å². The third-order valence-electron chi connectivity index (χ3n) is 3.34. The SMILES string of the molecule is Cc1ccc(NC(=O)COc2cc(Cl)ccc2Cl)cc1-n1cnnn1. The molecule has 1 amide bonds. The smallest absolute Gasteiger partial charge is 0.262 e. The van der Waals surface area contributed by atoms with Gasteiger partial charge in [0.15, 0.2) is 6.61 Å². The van der Waals surface area contributed by atoms with Crippen LogP contribution in [0.15, 0.2) is 42.7 Å². The summed E-state index contributed by atoms with van der Waals surface area (Å²) in [6, 6.07) is 10.2. The summed E-state index contributed by atoms with van der Waals surface area (Å²) in [6.07, 6.45) is 1.48. The number of anilines is 1. The second-order valence-corrected chi connectivity index (χ2v) is 6.01. The van der Waals surface area contributed by atoms with Gasteiger partial charge in [0.2, 0.25) is 0 Å². The van der Waals surface area contributed by atoms with E-state index in [1.54, 1.807) is 30.3 Å². The zero-order chi connectivity index (χ0) is 17.8. The number of aromatic nitrogens is 4. The van der Waals surface area contributed by atoms with Crippen LogP contribution in [-0.4, -0.2) is 32.7 Å². The van der Waals surface area contributed by atoms with E-state index in [-0.39, 0.29) is 12.5 Å². The molecule has 9 heteroatoms. The first kappa shape index (κ1) is 17.2. The highest BCUT2D eigenvalue weighted by molar-refractivity contribution is 6.34. The van der Waals surface area contributed by atoms with Gasteiger partial charge in [0, 0.05) is 16.8 Å². The highest BCUT2D eigenvalue weighted by Gasteiger charge is 2.09. The van der Waals surface area contributed by atoms with Crippen LogP contribution in [0.5, 0.6) is 5.75 Å². The van der Waals surface area contributed by atoms with E-state index < -0.39 is 0 Å². The van der Waals surface area contributed by atoms with Gasteiger partial charge >= 0.3 is 0 Å². The number of aryl methyl sites for hydroxylation is 1. The van der Waals surface area contributed by atoms with Crippen molar-refractivity contribution in [1.82, 2.24) is 20.2 Å². The Morgan fingerprint density at radius 1 is 1.24 bits per heavy atom. The topological polar surface area (TPSA) is 81.9 Å². The Kier molecular flexibility index (Phi) is 5.16. The molecule has 0 bridgehead atoms. The van der Waals surface area contributed by atoms with Crippen molar-refractivity contribution in [2.75, 3.05) is 11.9 Å². The number of nitrogens with zero attached hydrogens (tertiary/aromatic N) is 4. The minimum absolute atomic E-state index is 0.200. The average molecular weight is 378 g/mol. The summed E-state index contributed by atoms with van der Waals surface area (Å²) in [6.45, 7) is 1.72. The molecule has 0 aliphatic heterocycles. The number of hydrogen-bond donors (Lipinski definition) is 1. The van der Waals surface area contributed by atoms with E-state index in [9.17, 15) is 4.79 Å². The molecule has 0 fully saturated rings. The van der Waals surface area contributed by atoms with Gasteiger partial charge in [-0.05, 0) is 47.2 Å². The lowest BCUT2D eigenvalue weighted by molar-refractivity contribution is -0.118. The molecule has 128 valence electrons. The van der Waals surface area contributed by atoms with Crippen molar-refractivity contribution < 1.29 is 9.53 Å². The Morgan fingerprint density at radius 3 is 2.84 bits per heavy atom. The van der Waals surface area contributed by atoms with Gasteiger partial charge in [0.05, 0.1) is 10.7 Å². The monoisotopic (exact) mass is 377 g/mol. The number of nitrogens with one attached hydrogen (secondary N) is 1. The summed E-state index contributed by atoms with van der Waals surface area (Å²) in [4.78, 5) is 12.1. The van der Waals surface area contributed by atoms with Crippen molar-refractivity contribution in [1.29, 1.82) is 0 Å². The van der Waals surface area contributed by atoms with Gasteiger partial charge in [-0.3, -0.25) is 4.79 Å². The molecular weight excluding hydrogens is 365 g/mol. The number of benzene rings is 2. The minimum Gasteiger partial charge on any atom is -0.482 e. The van der Waals surface area contributed by atoms with Gasteiger partial charge in [0.25, 0.3) is 5.91 Å². The van der Waals surface area contributed by atoms with Crippen LogP contribution in [-0.2, 0) is 4.79 Å². The van der Waals surface area contributed by atoms with Crippen LogP contribution in [0.3, 0.4) is 0 Å². The van der Waals surface area contributed by atoms with E-state index in [1.165, 1.54) is 11.0 Å². The molecule has 25 heavy (non-hydrogen) atoms. The Labute approximate surface area is 153 Å². The number of carbonyl (C=O) groups excluding carboxylic acids is 1. The maximum Gasteiger partial charge on any atom is 0.262 e. The fourth-order valence-corrected chi connectivity index (χ4v) is 2.47. The number of halogens is 2. The number of rotatable bonds is 5. The van der Waals surface area contributed by atoms with Gasteiger partial charge in [-0.2, -0.15) is 0 Å². The van der Waals surface area contributed by atoms with Crippen LogP contribution in [0.2, 0.25) is 10.0 Å². The summed E-state index contributed by atoms with van der Waals surface area (Å²) in [7, 11) is 0. The maximum atomic E-state index is 12.1. The number of ether oxygens (including phenoxy) is 1. The first-order chi connectivity index (χ1) is 12.0. The minimum atomic E-state index is -0.331. The lowest BCUT2D eigenvalue weighted by atomic mass is 10.2. The van der Waals surface area contributed by atoms with Gasteiger partial charge < -0.3 is 10.1 Å². The number of amides is 1. The van der Waals surface area contributed by atoms with E-state index in [0.29, 0.717) is 21.5 Å². The largest absolute Gasteiger partial charge is 0.482 e. The van der Waals surface area contributed by atoms with Crippen LogP contribution in [0, 0.1) is 6.92 Å². The molecule has 0 spiro atoms. The summed E-state index contributed by atoms with van der Waals surface area (Å²) in [5.41, 5.74) is 2.33. The quantitative estimate of drug-likeness (QED) is 0.737. The third kappa shape index (κ3) is 4.26. The van der Waals surface area contributed by atoms with Crippen molar-refractivity contribution in [2.45, 2.75) is 6.92 Å². The molecule has 0 aliphatic rings. The van der Waals surface area contributed by atoms with Crippen molar-refractivity contribution in [2.24, 2.45) is 0 Å². The molecule has 2 aromatic carbocycles. The molecule has 7 nitrogen and oxygen atoms in total. The number of hydrogen-bond acceptors (Lipinski definition) is 5. The van der Waals surface area contributed by atoms with Crippen LogP contribution in [0.25, 0.3) is 5.69 Å². The summed E-state index contributed by atoms with van der Waals surface area (Å²) >= 11 is 11.9. The molecule has 0 atom stereocenters. The molecule has 1 N–H and O–H groups in total. The van der Waals surface area contributed by atoms with Crippen LogP contribution in [0.4, 0.5) is 5.69 Å². The van der Waals surface area contributed by atoms with Gasteiger partial charge in [-0.15, -0.1) is 5.10 Å². The van der Waals surface area contributed by atoms with E-state index in [2.05, 4.69) is 20.8 Å². The highest BCUT2D eigenvalue weighted by atomic mass is 35.5. The fraction of sp³-hybridized carbons (Fsp3) is 0.125. The predicted octanol–water partition coefficient (Wildman–Crippen LogP) is 3.30. The Morgan fingerprint density at radius 2 is 2.08 bits per heavy atom. The second-order valence-electron chi connectivity index (χ2n) is 5.17. The van der Waals surface area contributed by atoms with E-state index >= 15 is 0 Å². The Bertz CT molecular complexity index is 900. The summed E-state index contributed by atoms with van der Waals surface area (Å²) < 4.78 is 6.93. The first-order valence-electron chi connectivity index (χ1n) is 7.24. The second kappa shape index (κ2) is 7.50. The van der Waals surface area contributed by atoms with E-state index in [1.807, 2.05) is 13.0 Å². The van der Waals surface area contributed by atoms with E-state index in [4.69, 9.17) is 27.9 Å². The standard InChI is InChI=1S/C16H13Cl2N5O2/c1-10-2-4-12(7-14(10)23-9-19-21-22-23)20-16(24)8-25-15-6-11(17)3-5-13(15)18/h2-7,9H,8H2,1H3,(H,20,24). The lowest BCUT2D eigenvalue weighted by Gasteiger charge is -2.11. The molecule has 0 radical (unpaired) electrons. The van der Waals surface area contributed by atoms with Crippen molar-refractivity contribution in [3.8, 4) is 11.4 Å². The summed E-state index contributed by atoms with van der Waals surface area (Å²) in [5, 5.41) is 14.7. The van der Waals surface area contributed by atoms with E-state index in [0.717, 1.165) is 11.3 Å². The van der Waals surface area contributed by atoms with Crippen molar-refractivity contribution >= 4 is 34.8 Å². The normalized spacial score (nSPS) is 10.5. The van der Waals surface area contributed by atoms with Crippen molar-refractivity contribution in [3.05, 3.63) is 58.3 Å². The summed E-state index contributed by atoms with van der Waals surface area (Å²) in [5.74, 6) is 0.0187. The molecule has 0 unspecified atom stereocenters. The van der Waals surface area contributed by atoms with Crippen molar-refractivity contribution in [3.63, 3.8) is 0 Å². The van der Waals surface area contributed by atoms with Crippen LogP contribution in [0.1, 0.15) is 5.56 Å². The lowest BCUT2D eigenvalue weighted by Crippen LogP contribution is -2.20. The molecule has 3 aromatic rings. The molecular formula is C16H13Cl2N5O2. The van der Waals surface area contributed by atoms with Crippen LogP contribution >= 0.6 is 23.2 Å². The molecule has 0 saturated carbocycles. The molecule has 0 saturated heterocycles. The molecule has 1 aromatic heterocycles. The highest BCUT2D eigenvalue weighted by Crippen LogP contribution is 2.27. The van der Waals surface area contributed by atoms with Crippen LogP contribution < -0.4 is 10.1 Å². The number of carbonyl (C=O) groups is 1. The molecule has 0 aliphatic carbocycles. The average Bonchev–Trinajstić information content (AvgIpc) is 3.12. The van der Waals surface area contributed by atoms with Gasteiger partial charge in [-0.25, -0.2) is 4.68 Å². The fourth-order valence-electron chi connectivity index (χ4n) is 2.13. The third-order valence-corrected chi connectivity index (χ3v) is 3.89. The number of tetrazole rings is 1. The molecule has 1 heterocycles.